The molecule has 0 bridgehead atoms. The predicted octanol–water partition coefficient (Wildman–Crippen LogP) is 1.71. The van der Waals surface area contributed by atoms with E-state index in [0.717, 1.165) is 12.2 Å². The van der Waals surface area contributed by atoms with Gasteiger partial charge in [-0.15, -0.1) is 0 Å². The molecule has 0 aliphatic rings. The minimum absolute atomic E-state index is 0.238. The second-order valence-electron chi connectivity index (χ2n) is 4.18. The molecule has 0 rings (SSSR count). The van der Waals surface area contributed by atoms with Gasteiger partial charge in [-0.2, -0.15) is 11.8 Å². The Morgan fingerprint density at radius 3 is 2.20 bits per heavy atom. The first-order chi connectivity index (χ1) is 7.00. The summed E-state index contributed by atoms with van der Waals surface area (Å²) >= 11 is 1.68. The molecule has 0 aromatic carbocycles. The van der Waals surface area contributed by atoms with E-state index in [1.54, 1.807) is 11.8 Å². The van der Waals surface area contributed by atoms with Crippen molar-refractivity contribution in [2.75, 3.05) is 18.1 Å². The van der Waals surface area contributed by atoms with Gasteiger partial charge in [-0.1, -0.05) is 0 Å². The summed E-state index contributed by atoms with van der Waals surface area (Å²) in [5.41, 5.74) is 5.39. The molecule has 0 atom stereocenters. The van der Waals surface area contributed by atoms with E-state index in [0.29, 0.717) is 12.3 Å². The summed E-state index contributed by atoms with van der Waals surface area (Å²) in [5.74, 6) is 1.80. The van der Waals surface area contributed by atoms with Gasteiger partial charge in [0.2, 0.25) is 5.91 Å². The van der Waals surface area contributed by atoms with Crippen molar-refractivity contribution in [2.45, 2.75) is 46.2 Å². The summed E-state index contributed by atoms with van der Waals surface area (Å²) in [7, 11) is 0. The van der Waals surface area contributed by atoms with E-state index in [1.807, 2.05) is 4.90 Å². The number of rotatable bonds is 7. The highest BCUT2D eigenvalue weighted by Crippen LogP contribution is 2.10. The Morgan fingerprint density at radius 2 is 1.80 bits per heavy atom. The highest BCUT2D eigenvalue weighted by molar-refractivity contribution is 7.99. The normalized spacial score (nSPS) is 11.1. The number of hydrogen-bond acceptors (Lipinski definition) is 3. The molecule has 0 unspecified atom stereocenters. The highest BCUT2D eigenvalue weighted by Gasteiger charge is 2.19. The molecule has 3 nitrogen and oxygen atoms in total. The monoisotopic (exact) mass is 232 g/mol. The van der Waals surface area contributed by atoms with Crippen molar-refractivity contribution in [1.82, 2.24) is 4.90 Å². The Hall–Kier alpha value is -0.220. The first-order valence-electron chi connectivity index (χ1n) is 5.59. The van der Waals surface area contributed by atoms with Gasteiger partial charge in [0, 0.05) is 12.1 Å². The maximum absolute atomic E-state index is 11.9. The van der Waals surface area contributed by atoms with Crippen molar-refractivity contribution in [1.29, 1.82) is 0 Å². The summed E-state index contributed by atoms with van der Waals surface area (Å²) in [6.07, 6.45) is 0.987. The average molecular weight is 232 g/mol. The lowest BCUT2D eigenvalue weighted by molar-refractivity contribution is -0.131. The SMILES string of the molecule is CC(C)N(C(=O)CSCCCN)C(C)C. The van der Waals surface area contributed by atoms with Crippen molar-refractivity contribution < 1.29 is 4.79 Å². The van der Waals surface area contributed by atoms with Gasteiger partial charge in [-0.25, -0.2) is 0 Å². The van der Waals surface area contributed by atoms with Crippen LogP contribution in [0.1, 0.15) is 34.1 Å². The number of nitrogens with two attached hydrogens (primary N) is 1. The summed E-state index contributed by atoms with van der Waals surface area (Å²) in [6, 6.07) is 0.570. The first kappa shape index (κ1) is 14.8. The Balaban J connectivity index is 3.93. The van der Waals surface area contributed by atoms with Gasteiger partial charge in [0.25, 0.3) is 0 Å². The molecule has 4 heteroatoms. The quantitative estimate of drug-likeness (QED) is 0.680. The predicted molar refractivity (Wildman–Crippen MR) is 68.1 cm³/mol. The Morgan fingerprint density at radius 1 is 1.27 bits per heavy atom. The fraction of sp³-hybridized carbons (Fsp3) is 0.909. The van der Waals surface area contributed by atoms with Gasteiger partial charge in [-0.3, -0.25) is 4.79 Å². The van der Waals surface area contributed by atoms with Gasteiger partial charge in [0.05, 0.1) is 5.75 Å². The van der Waals surface area contributed by atoms with Crippen LogP contribution in [0.5, 0.6) is 0 Å². The molecule has 0 saturated heterocycles. The topological polar surface area (TPSA) is 46.3 Å². The van der Waals surface area contributed by atoms with Crippen LogP contribution in [0.3, 0.4) is 0 Å². The van der Waals surface area contributed by atoms with Crippen LogP contribution < -0.4 is 5.73 Å². The molecular weight excluding hydrogens is 208 g/mol. The summed E-state index contributed by atoms with van der Waals surface area (Å²) in [4.78, 5) is 13.8. The molecule has 90 valence electrons. The highest BCUT2D eigenvalue weighted by atomic mass is 32.2. The minimum Gasteiger partial charge on any atom is -0.337 e. The third kappa shape index (κ3) is 6.05. The maximum Gasteiger partial charge on any atom is 0.233 e. The first-order valence-corrected chi connectivity index (χ1v) is 6.75. The molecule has 0 fully saturated rings. The number of thioether (sulfide) groups is 1. The Kier molecular flexibility index (Phi) is 7.88. The van der Waals surface area contributed by atoms with E-state index in [9.17, 15) is 4.79 Å². The van der Waals surface area contributed by atoms with Gasteiger partial charge >= 0.3 is 0 Å². The minimum atomic E-state index is 0.238. The second kappa shape index (κ2) is 7.99. The average Bonchev–Trinajstić information content (AvgIpc) is 2.11. The smallest absolute Gasteiger partial charge is 0.233 e. The lowest BCUT2D eigenvalue weighted by Crippen LogP contribution is -2.43. The van der Waals surface area contributed by atoms with E-state index in [-0.39, 0.29) is 18.0 Å². The van der Waals surface area contributed by atoms with Gasteiger partial charge in [0.15, 0.2) is 0 Å². The Labute approximate surface area is 97.8 Å². The lowest BCUT2D eigenvalue weighted by Gasteiger charge is -2.30. The number of carbonyl (C=O) groups excluding carboxylic acids is 1. The molecule has 15 heavy (non-hydrogen) atoms. The maximum atomic E-state index is 11.9. The van der Waals surface area contributed by atoms with Crippen LogP contribution in [-0.4, -0.2) is 40.9 Å². The number of hydrogen-bond donors (Lipinski definition) is 1. The molecule has 0 saturated carbocycles. The zero-order valence-corrected chi connectivity index (χ0v) is 11.1. The molecule has 2 N–H and O–H groups in total. The van der Waals surface area contributed by atoms with E-state index in [2.05, 4.69) is 27.7 Å². The number of amides is 1. The zero-order valence-electron chi connectivity index (χ0n) is 10.3. The van der Waals surface area contributed by atoms with E-state index < -0.39 is 0 Å². The van der Waals surface area contributed by atoms with Crippen molar-refractivity contribution in [3.8, 4) is 0 Å². The van der Waals surface area contributed by atoms with E-state index in [1.165, 1.54) is 0 Å². The van der Waals surface area contributed by atoms with Crippen LogP contribution in [0, 0.1) is 0 Å². The zero-order chi connectivity index (χ0) is 11.8. The molecular formula is C11H24N2OS. The molecule has 0 aromatic heterocycles. The number of nitrogens with zero attached hydrogens (tertiary/aromatic N) is 1. The van der Waals surface area contributed by atoms with Crippen molar-refractivity contribution in [3.63, 3.8) is 0 Å². The van der Waals surface area contributed by atoms with Crippen molar-refractivity contribution >= 4 is 17.7 Å². The van der Waals surface area contributed by atoms with Crippen LogP contribution in [0.25, 0.3) is 0 Å². The van der Waals surface area contributed by atoms with E-state index >= 15 is 0 Å². The third-order valence-electron chi connectivity index (χ3n) is 2.12. The lowest BCUT2D eigenvalue weighted by atomic mass is 10.2. The second-order valence-corrected chi connectivity index (χ2v) is 5.29. The van der Waals surface area contributed by atoms with Crippen LogP contribution in [0.4, 0.5) is 0 Å². The molecule has 0 spiro atoms. The van der Waals surface area contributed by atoms with Crippen LogP contribution in [0.15, 0.2) is 0 Å². The van der Waals surface area contributed by atoms with Gasteiger partial charge in [-0.05, 0) is 46.4 Å². The van der Waals surface area contributed by atoms with Gasteiger partial charge in [0.1, 0.15) is 0 Å². The van der Waals surface area contributed by atoms with Crippen molar-refractivity contribution in [3.05, 3.63) is 0 Å². The molecule has 0 heterocycles. The van der Waals surface area contributed by atoms with Crippen molar-refractivity contribution in [2.24, 2.45) is 5.73 Å². The summed E-state index contributed by atoms with van der Waals surface area (Å²) in [6.45, 7) is 8.94. The largest absolute Gasteiger partial charge is 0.337 e. The van der Waals surface area contributed by atoms with Crippen LogP contribution in [-0.2, 0) is 4.79 Å². The molecule has 0 aliphatic carbocycles. The Bertz CT molecular complexity index is 175. The molecule has 0 radical (unpaired) electrons. The molecule has 0 aromatic rings. The fourth-order valence-corrected chi connectivity index (χ4v) is 2.43. The fourth-order valence-electron chi connectivity index (χ4n) is 1.59. The van der Waals surface area contributed by atoms with Gasteiger partial charge < -0.3 is 10.6 Å². The summed E-state index contributed by atoms with van der Waals surface area (Å²) in [5, 5.41) is 0. The summed E-state index contributed by atoms with van der Waals surface area (Å²) < 4.78 is 0. The molecule has 1 amide bonds. The third-order valence-corrected chi connectivity index (χ3v) is 3.15. The van der Waals surface area contributed by atoms with Crippen LogP contribution >= 0.6 is 11.8 Å². The standard InChI is InChI=1S/C11H24N2OS/c1-9(2)13(10(3)4)11(14)8-15-7-5-6-12/h9-10H,5-8,12H2,1-4H3. The van der Waals surface area contributed by atoms with E-state index in [4.69, 9.17) is 5.73 Å². The number of carbonyl (C=O) groups is 1. The molecule has 0 aliphatic heterocycles. The van der Waals surface area contributed by atoms with Crippen LogP contribution in [0.2, 0.25) is 0 Å².